The van der Waals surface area contributed by atoms with Crippen molar-refractivity contribution < 1.29 is 9.53 Å². The summed E-state index contributed by atoms with van der Waals surface area (Å²) in [4.78, 5) is 12.5. The summed E-state index contributed by atoms with van der Waals surface area (Å²) in [5.74, 6) is -0.117. The number of hydrogen-bond donors (Lipinski definition) is 1. The van der Waals surface area contributed by atoms with Gasteiger partial charge in [-0.2, -0.15) is 0 Å². The Morgan fingerprint density at radius 3 is 2.55 bits per heavy atom. The second-order valence-corrected chi connectivity index (χ2v) is 5.81. The summed E-state index contributed by atoms with van der Waals surface area (Å²) in [6.45, 7) is 1.94. The number of methoxy groups -OCH3 is 1. The fraction of sp³-hybridized carbons (Fsp3) is 0.316. The van der Waals surface area contributed by atoms with E-state index < -0.39 is 0 Å². The number of rotatable bonds is 4. The monoisotopic (exact) mass is 295 g/mol. The van der Waals surface area contributed by atoms with E-state index in [-0.39, 0.29) is 24.0 Å². The van der Waals surface area contributed by atoms with Crippen LogP contribution in [0.5, 0.6) is 0 Å². The van der Waals surface area contributed by atoms with Crippen molar-refractivity contribution in [2.45, 2.75) is 31.4 Å². The summed E-state index contributed by atoms with van der Waals surface area (Å²) >= 11 is 0. The highest BCUT2D eigenvalue weighted by Gasteiger charge is 2.34. The highest BCUT2D eigenvalue weighted by atomic mass is 16.5. The predicted molar refractivity (Wildman–Crippen MR) is 86.7 cm³/mol. The Morgan fingerprint density at radius 2 is 1.82 bits per heavy atom. The van der Waals surface area contributed by atoms with Crippen LogP contribution in [0.15, 0.2) is 54.6 Å². The minimum atomic E-state index is -0.164. The van der Waals surface area contributed by atoms with E-state index in [4.69, 9.17) is 4.74 Å². The standard InChI is InChI=1S/C19H21NO2/c1-13(14-8-4-3-5-9-14)19(21)20-17-12-15-10-6-7-11-16(15)18(17)22-2/h3-11,13,17-18H,12H2,1-2H3,(H,20,21)/t13-,17-,18-/m0/s1. The molecule has 1 N–H and O–H groups in total. The lowest BCUT2D eigenvalue weighted by Crippen LogP contribution is -2.40. The number of carbonyl (C=O) groups is 1. The Labute approximate surface area is 131 Å². The van der Waals surface area contributed by atoms with Gasteiger partial charge in [-0.1, -0.05) is 54.6 Å². The van der Waals surface area contributed by atoms with Gasteiger partial charge in [0.05, 0.1) is 12.0 Å². The van der Waals surface area contributed by atoms with Crippen LogP contribution >= 0.6 is 0 Å². The van der Waals surface area contributed by atoms with Gasteiger partial charge in [-0.3, -0.25) is 4.79 Å². The van der Waals surface area contributed by atoms with Gasteiger partial charge in [-0.25, -0.2) is 0 Å². The van der Waals surface area contributed by atoms with Crippen molar-refractivity contribution >= 4 is 5.91 Å². The first-order valence-corrected chi connectivity index (χ1v) is 7.66. The second kappa shape index (κ2) is 6.32. The molecule has 0 radical (unpaired) electrons. The molecule has 0 aliphatic heterocycles. The van der Waals surface area contributed by atoms with Gasteiger partial charge in [0.2, 0.25) is 5.91 Å². The molecule has 0 saturated heterocycles. The molecule has 2 aromatic rings. The lowest BCUT2D eigenvalue weighted by Gasteiger charge is -2.22. The average Bonchev–Trinajstić information content (AvgIpc) is 2.91. The second-order valence-electron chi connectivity index (χ2n) is 5.81. The Morgan fingerprint density at radius 1 is 1.14 bits per heavy atom. The van der Waals surface area contributed by atoms with Crippen molar-refractivity contribution in [1.29, 1.82) is 0 Å². The molecule has 0 saturated carbocycles. The molecule has 3 nitrogen and oxygen atoms in total. The maximum Gasteiger partial charge on any atom is 0.227 e. The van der Waals surface area contributed by atoms with Crippen molar-refractivity contribution in [3.05, 3.63) is 71.3 Å². The van der Waals surface area contributed by atoms with Crippen LogP contribution in [-0.4, -0.2) is 19.1 Å². The first-order chi connectivity index (χ1) is 10.7. The molecule has 114 valence electrons. The third-order valence-electron chi connectivity index (χ3n) is 4.44. The number of nitrogens with one attached hydrogen (secondary N) is 1. The van der Waals surface area contributed by atoms with E-state index in [2.05, 4.69) is 17.4 Å². The summed E-state index contributed by atoms with van der Waals surface area (Å²) in [5, 5.41) is 3.16. The van der Waals surface area contributed by atoms with Crippen LogP contribution in [0.25, 0.3) is 0 Å². The Balaban J connectivity index is 1.73. The highest BCUT2D eigenvalue weighted by Crippen LogP contribution is 2.34. The zero-order valence-corrected chi connectivity index (χ0v) is 13.0. The van der Waals surface area contributed by atoms with Gasteiger partial charge >= 0.3 is 0 Å². The minimum Gasteiger partial charge on any atom is -0.375 e. The predicted octanol–water partition coefficient (Wildman–Crippen LogP) is 3.22. The molecule has 1 aliphatic carbocycles. The Hall–Kier alpha value is -2.13. The topological polar surface area (TPSA) is 38.3 Å². The van der Waals surface area contributed by atoms with Crippen LogP contribution in [-0.2, 0) is 16.0 Å². The normalized spacial score (nSPS) is 21.2. The molecule has 2 aromatic carbocycles. The van der Waals surface area contributed by atoms with Gasteiger partial charge in [0.1, 0.15) is 6.10 Å². The lowest BCUT2D eigenvalue weighted by atomic mass is 9.99. The summed E-state index contributed by atoms with van der Waals surface area (Å²) in [6.07, 6.45) is 0.755. The molecular weight excluding hydrogens is 274 g/mol. The molecule has 0 aromatic heterocycles. The maximum absolute atomic E-state index is 12.5. The zero-order valence-electron chi connectivity index (χ0n) is 13.0. The van der Waals surface area contributed by atoms with Gasteiger partial charge in [0, 0.05) is 7.11 Å². The molecule has 0 heterocycles. The van der Waals surface area contributed by atoms with E-state index in [1.165, 1.54) is 11.1 Å². The van der Waals surface area contributed by atoms with Crippen LogP contribution in [0.4, 0.5) is 0 Å². The summed E-state index contributed by atoms with van der Waals surface area (Å²) in [5.41, 5.74) is 3.47. The lowest BCUT2D eigenvalue weighted by molar-refractivity contribution is -0.123. The molecular formula is C19H21NO2. The molecule has 0 spiro atoms. The van der Waals surface area contributed by atoms with Crippen LogP contribution in [0, 0.1) is 0 Å². The zero-order chi connectivity index (χ0) is 15.5. The largest absolute Gasteiger partial charge is 0.375 e. The third kappa shape index (κ3) is 2.77. The van der Waals surface area contributed by atoms with Gasteiger partial charge < -0.3 is 10.1 Å². The summed E-state index contributed by atoms with van der Waals surface area (Å²) in [6, 6.07) is 18.1. The van der Waals surface area contributed by atoms with Gasteiger partial charge in [-0.05, 0) is 30.0 Å². The number of fused-ring (bicyclic) bond motifs is 1. The Bertz CT molecular complexity index is 653. The number of hydrogen-bond acceptors (Lipinski definition) is 2. The van der Waals surface area contributed by atoms with Crippen molar-refractivity contribution in [3.63, 3.8) is 0 Å². The molecule has 3 atom stereocenters. The number of benzene rings is 2. The molecule has 0 bridgehead atoms. The molecule has 0 unspecified atom stereocenters. The van der Waals surface area contributed by atoms with Crippen LogP contribution in [0.2, 0.25) is 0 Å². The fourth-order valence-electron chi connectivity index (χ4n) is 3.18. The molecule has 3 rings (SSSR count). The molecule has 1 aliphatic rings. The highest BCUT2D eigenvalue weighted by molar-refractivity contribution is 5.83. The van der Waals surface area contributed by atoms with Crippen LogP contribution < -0.4 is 5.32 Å². The number of ether oxygens (including phenoxy) is 1. The first kappa shape index (κ1) is 14.8. The van der Waals surface area contributed by atoms with E-state index in [0.29, 0.717) is 0 Å². The smallest absolute Gasteiger partial charge is 0.227 e. The van der Waals surface area contributed by atoms with Crippen molar-refractivity contribution in [3.8, 4) is 0 Å². The minimum absolute atomic E-state index is 0.000984. The maximum atomic E-state index is 12.5. The molecule has 1 amide bonds. The van der Waals surface area contributed by atoms with E-state index in [1.54, 1.807) is 7.11 Å². The summed E-state index contributed by atoms with van der Waals surface area (Å²) < 4.78 is 5.62. The van der Waals surface area contributed by atoms with Crippen molar-refractivity contribution in [1.82, 2.24) is 5.32 Å². The van der Waals surface area contributed by atoms with Crippen LogP contribution in [0.3, 0.4) is 0 Å². The van der Waals surface area contributed by atoms with E-state index in [0.717, 1.165) is 12.0 Å². The third-order valence-corrected chi connectivity index (χ3v) is 4.44. The van der Waals surface area contributed by atoms with Gasteiger partial charge in [-0.15, -0.1) is 0 Å². The average molecular weight is 295 g/mol. The molecule has 3 heteroatoms. The molecule has 0 fully saturated rings. The van der Waals surface area contributed by atoms with E-state index in [1.807, 2.05) is 49.4 Å². The first-order valence-electron chi connectivity index (χ1n) is 7.66. The SMILES string of the molecule is CO[C@H]1c2ccccc2C[C@@H]1NC(=O)[C@@H](C)c1ccccc1. The fourth-order valence-corrected chi connectivity index (χ4v) is 3.18. The number of amides is 1. The van der Waals surface area contributed by atoms with E-state index >= 15 is 0 Å². The summed E-state index contributed by atoms with van der Waals surface area (Å²) in [7, 11) is 1.70. The van der Waals surface area contributed by atoms with E-state index in [9.17, 15) is 4.79 Å². The van der Waals surface area contributed by atoms with Crippen LogP contribution in [0.1, 0.15) is 35.6 Å². The molecule has 22 heavy (non-hydrogen) atoms. The van der Waals surface area contributed by atoms with Crippen molar-refractivity contribution in [2.75, 3.05) is 7.11 Å². The van der Waals surface area contributed by atoms with Crippen molar-refractivity contribution in [2.24, 2.45) is 0 Å². The quantitative estimate of drug-likeness (QED) is 0.940. The Kier molecular flexibility index (Phi) is 4.25. The number of carbonyl (C=O) groups excluding carboxylic acids is 1. The van der Waals surface area contributed by atoms with Gasteiger partial charge in [0.15, 0.2) is 0 Å². The van der Waals surface area contributed by atoms with Gasteiger partial charge in [0.25, 0.3) is 0 Å².